The number of aliphatic imine (C=N–C) groups is 1. The molecular formula is C21H34FIN4O. The quantitative estimate of drug-likeness (QED) is 0.374. The number of hydrogen-bond donors (Lipinski definition) is 2. The van der Waals surface area contributed by atoms with Crippen LogP contribution in [0.15, 0.2) is 23.2 Å². The van der Waals surface area contributed by atoms with E-state index in [-0.39, 0.29) is 35.9 Å². The minimum atomic E-state index is -0.250. The molecule has 2 aliphatic heterocycles. The first-order valence-corrected chi connectivity index (χ1v) is 10.3. The largest absolute Gasteiger partial charge is 0.393 e. The molecule has 1 aromatic rings. The van der Waals surface area contributed by atoms with E-state index in [2.05, 4.69) is 24.1 Å². The molecule has 2 fully saturated rings. The fourth-order valence-electron chi connectivity index (χ4n) is 3.99. The van der Waals surface area contributed by atoms with Crippen LogP contribution in [-0.4, -0.2) is 54.8 Å². The van der Waals surface area contributed by atoms with E-state index < -0.39 is 0 Å². The maximum absolute atomic E-state index is 14.6. The summed E-state index contributed by atoms with van der Waals surface area (Å²) in [5.74, 6) is 1.41. The van der Waals surface area contributed by atoms with Crippen molar-refractivity contribution in [3.8, 4) is 0 Å². The minimum Gasteiger partial charge on any atom is -0.393 e. The molecule has 2 N–H and O–H groups in total. The molecule has 158 valence electrons. The van der Waals surface area contributed by atoms with Crippen LogP contribution in [0.2, 0.25) is 0 Å². The highest BCUT2D eigenvalue weighted by Crippen LogP contribution is 2.24. The lowest BCUT2D eigenvalue weighted by atomic mass is 10.0. The Morgan fingerprint density at radius 3 is 2.64 bits per heavy atom. The zero-order valence-corrected chi connectivity index (χ0v) is 19.4. The van der Waals surface area contributed by atoms with Crippen LogP contribution in [0.25, 0.3) is 0 Å². The van der Waals surface area contributed by atoms with Gasteiger partial charge in [0.1, 0.15) is 5.82 Å². The molecule has 0 radical (unpaired) electrons. The first kappa shape index (κ1) is 23.2. The summed E-state index contributed by atoms with van der Waals surface area (Å²) in [6.07, 6.45) is 3.62. The lowest BCUT2D eigenvalue weighted by Crippen LogP contribution is -2.46. The summed E-state index contributed by atoms with van der Waals surface area (Å²) in [7, 11) is 0. The number of benzene rings is 1. The van der Waals surface area contributed by atoms with Crippen molar-refractivity contribution in [2.75, 3.05) is 37.6 Å². The van der Waals surface area contributed by atoms with Crippen molar-refractivity contribution in [2.24, 2.45) is 10.9 Å². The van der Waals surface area contributed by atoms with Crippen molar-refractivity contribution >= 4 is 35.6 Å². The van der Waals surface area contributed by atoms with Gasteiger partial charge < -0.3 is 20.2 Å². The second-order valence-electron chi connectivity index (χ2n) is 7.87. The van der Waals surface area contributed by atoms with Gasteiger partial charge in [-0.3, -0.25) is 0 Å². The second kappa shape index (κ2) is 11.2. The molecule has 1 aromatic carbocycles. The lowest BCUT2D eigenvalue weighted by molar-refractivity contribution is 0.145. The highest BCUT2D eigenvalue weighted by Gasteiger charge is 2.21. The van der Waals surface area contributed by atoms with E-state index in [1.54, 1.807) is 6.07 Å². The van der Waals surface area contributed by atoms with Crippen molar-refractivity contribution < 1.29 is 9.50 Å². The van der Waals surface area contributed by atoms with Gasteiger partial charge in [0.2, 0.25) is 0 Å². The number of aliphatic hydroxyl groups excluding tert-OH is 1. The van der Waals surface area contributed by atoms with E-state index in [9.17, 15) is 9.50 Å². The summed E-state index contributed by atoms with van der Waals surface area (Å²) in [6.45, 7) is 9.13. The smallest absolute Gasteiger partial charge is 0.194 e. The number of hydrogen-bond acceptors (Lipinski definition) is 3. The van der Waals surface area contributed by atoms with Gasteiger partial charge in [-0.15, -0.1) is 24.0 Å². The molecule has 0 saturated carbocycles. The Balaban J connectivity index is 0.00000280. The third kappa shape index (κ3) is 6.20. The normalized spacial score (nSPS) is 21.4. The Kier molecular flexibility index (Phi) is 9.27. The zero-order valence-electron chi connectivity index (χ0n) is 17.0. The average molecular weight is 504 g/mol. The van der Waals surface area contributed by atoms with E-state index in [1.165, 1.54) is 12.8 Å². The summed E-state index contributed by atoms with van der Waals surface area (Å²) in [4.78, 5) is 9.10. The third-order valence-corrected chi connectivity index (χ3v) is 5.52. The molecule has 0 aliphatic carbocycles. The Hall–Kier alpha value is -1.09. The van der Waals surface area contributed by atoms with Gasteiger partial charge in [-0.05, 0) is 56.2 Å². The molecule has 1 unspecified atom stereocenters. The van der Waals surface area contributed by atoms with Crippen molar-refractivity contribution in [3.05, 3.63) is 29.6 Å². The van der Waals surface area contributed by atoms with Crippen LogP contribution in [0, 0.1) is 11.7 Å². The van der Waals surface area contributed by atoms with Crippen molar-refractivity contribution in [2.45, 2.75) is 52.2 Å². The summed E-state index contributed by atoms with van der Waals surface area (Å²) in [5.41, 5.74) is 1.51. The molecule has 0 aromatic heterocycles. The fourth-order valence-corrected chi connectivity index (χ4v) is 3.99. The van der Waals surface area contributed by atoms with E-state index in [1.807, 2.05) is 17.0 Å². The fraction of sp³-hybridized carbons (Fsp3) is 0.667. The summed E-state index contributed by atoms with van der Waals surface area (Å²) >= 11 is 0. The number of piperidine rings is 2. The molecule has 5 nitrogen and oxygen atoms in total. The predicted octanol–water partition coefficient (Wildman–Crippen LogP) is 3.60. The van der Waals surface area contributed by atoms with Gasteiger partial charge in [-0.25, -0.2) is 9.38 Å². The van der Waals surface area contributed by atoms with Gasteiger partial charge in [0, 0.05) is 32.7 Å². The monoisotopic (exact) mass is 504 g/mol. The van der Waals surface area contributed by atoms with Crippen LogP contribution in [0.3, 0.4) is 0 Å². The minimum absolute atomic E-state index is 0. The maximum Gasteiger partial charge on any atom is 0.194 e. The Bertz CT molecular complexity index is 649. The van der Waals surface area contributed by atoms with Crippen molar-refractivity contribution in [3.63, 3.8) is 0 Å². The maximum atomic E-state index is 14.6. The standard InChI is InChI=1S/C21H33FN4O.HI/c1-3-23-21(26-10-4-5-16(2)15-26)24-14-17-6-7-20(19(22)13-17)25-11-8-18(27)9-12-25;/h6-7,13,16,18,27H,3-5,8-12,14-15H2,1-2H3,(H,23,24);1H. The zero-order chi connectivity index (χ0) is 19.2. The van der Waals surface area contributed by atoms with Crippen molar-refractivity contribution in [1.29, 1.82) is 0 Å². The summed E-state index contributed by atoms with van der Waals surface area (Å²) in [6, 6.07) is 5.43. The Labute approximate surface area is 185 Å². The molecule has 2 saturated heterocycles. The van der Waals surface area contributed by atoms with Crippen LogP contribution in [-0.2, 0) is 6.54 Å². The van der Waals surface area contributed by atoms with Gasteiger partial charge in [0.25, 0.3) is 0 Å². The highest BCUT2D eigenvalue weighted by molar-refractivity contribution is 14.0. The van der Waals surface area contributed by atoms with E-state index in [4.69, 9.17) is 4.99 Å². The molecule has 7 heteroatoms. The Morgan fingerprint density at radius 2 is 2.00 bits per heavy atom. The lowest BCUT2D eigenvalue weighted by Gasteiger charge is -2.33. The van der Waals surface area contributed by atoms with Crippen LogP contribution < -0.4 is 10.2 Å². The first-order chi connectivity index (χ1) is 13.1. The molecule has 2 heterocycles. The van der Waals surface area contributed by atoms with Gasteiger partial charge in [0.15, 0.2) is 5.96 Å². The summed E-state index contributed by atoms with van der Waals surface area (Å²) < 4.78 is 14.6. The van der Waals surface area contributed by atoms with E-state index >= 15 is 0 Å². The number of halogens is 2. The second-order valence-corrected chi connectivity index (χ2v) is 7.87. The number of likely N-dealkylation sites (tertiary alicyclic amines) is 1. The number of anilines is 1. The number of rotatable bonds is 4. The van der Waals surface area contributed by atoms with Gasteiger partial charge in [-0.1, -0.05) is 13.0 Å². The van der Waals surface area contributed by atoms with Crippen LogP contribution in [0.4, 0.5) is 10.1 Å². The first-order valence-electron chi connectivity index (χ1n) is 10.3. The molecule has 2 aliphatic rings. The molecule has 0 bridgehead atoms. The van der Waals surface area contributed by atoms with E-state index in [0.717, 1.165) is 31.2 Å². The molecule has 1 atom stereocenters. The topological polar surface area (TPSA) is 51.1 Å². The molecule has 28 heavy (non-hydrogen) atoms. The van der Waals surface area contributed by atoms with Crippen LogP contribution in [0.1, 0.15) is 45.1 Å². The number of guanidine groups is 1. The van der Waals surface area contributed by atoms with E-state index in [0.29, 0.717) is 44.1 Å². The molecular weight excluding hydrogens is 470 g/mol. The number of aliphatic hydroxyl groups is 1. The Morgan fingerprint density at radius 1 is 1.25 bits per heavy atom. The SMILES string of the molecule is CCNC(=NCc1ccc(N2CCC(O)CC2)c(F)c1)N1CCCC(C)C1.I. The number of nitrogens with zero attached hydrogens (tertiary/aromatic N) is 3. The third-order valence-electron chi connectivity index (χ3n) is 5.52. The van der Waals surface area contributed by atoms with Gasteiger partial charge in [0.05, 0.1) is 18.3 Å². The molecule has 0 amide bonds. The van der Waals surface area contributed by atoms with Crippen LogP contribution in [0.5, 0.6) is 0 Å². The highest BCUT2D eigenvalue weighted by atomic mass is 127. The van der Waals surface area contributed by atoms with Gasteiger partial charge in [-0.2, -0.15) is 0 Å². The van der Waals surface area contributed by atoms with Gasteiger partial charge >= 0.3 is 0 Å². The average Bonchev–Trinajstić information content (AvgIpc) is 2.66. The summed E-state index contributed by atoms with van der Waals surface area (Å²) in [5, 5.41) is 13.0. The molecule has 0 spiro atoms. The predicted molar refractivity (Wildman–Crippen MR) is 124 cm³/mol. The number of nitrogens with one attached hydrogen (secondary N) is 1. The van der Waals surface area contributed by atoms with Crippen molar-refractivity contribution in [1.82, 2.24) is 10.2 Å². The molecule has 3 rings (SSSR count). The van der Waals surface area contributed by atoms with Crippen LogP contribution >= 0.6 is 24.0 Å².